The zero-order valence-corrected chi connectivity index (χ0v) is 16.9. The number of anilines is 2. The van der Waals surface area contributed by atoms with Gasteiger partial charge in [0.15, 0.2) is 0 Å². The average molecular weight is 380 g/mol. The minimum Gasteiger partial charge on any atom is -0.342 e. The smallest absolute Gasteiger partial charge is 0.228 e. The third kappa shape index (κ3) is 4.13. The highest BCUT2D eigenvalue weighted by Gasteiger charge is 2.34. The number of nitrogens with zero attached hydrogens (tertiary/aromatic N) is 5. The first kappa shape index (κ1) is 18.8. The number of likely N-dealkylation sites (tertiary alicyclic amines) is 1. The van der Waals surface area contributed by atoms with Crippen molar-refractivity contribution in [3.05, 3.63) is 35.0 Å². The summed E-state index contributed by atoms with van der Waals surface area (Å²) in [5.74, 6) is 2.80. The quantitative estimate of drug-likeness (QED) is 0.875. The standard InChI is InChI=1S/C21H28N6O/c1-13-10-14(2)24-21(23-13)26-18-11-15(3)22-19(25-18)17-8-9-27(12-17)20(28)16-6-4-5-7-16/h10-11,16-17H,4-9,12H2,1-3H3,(H,22,23,24,25,26)/t17-/m1/s1. The van der Waals surface area contributed by atoms with E-state index in [9.17, 15) is 4.79 Å². The molecule has 0 aromatic carbocycles. The third-order valence-corrected chi connectivity index (χ3v) is 5.66. The average Bonchev–Trinajstić information content (AvgIpc) is 3.32. The first-order valence-electron chi connectivity index (χ1n) is 10.2. The number of carbonyl (C=O) groups excluding carboxylic acids is 1. The lowest BCUT2D eigenvalue weighted by Gasteiger charge is -2.20. The van der Waals surface area contributed by atoms with Crippen LogP contribution in [-0.2, 0) is 4.79 Å². The van der Waals surface area contributed by atoms with E-state index in [-0.39, 0.29) is 11.8 Å². The zero-order chi connectivity index (χ0) is 19.7. The third-order valence-electron chi connectivity index (χ3n) is 5.66. The number of rotatable bonds is 4. The fraction of sp³-hybridized carbons (Fsp3) is 0.571. The van der Waals surface area contributed by atoms with Gasteiger partial charge < -0.3 is 10.2 Å². The summed E-state index contributed by atoms with van der Waals surface area (Å²) in [4.78, 5) is 33.0. The van der Waals surface area contributed by atoms with E-state index in [1.54, 1.807) is 0 Å². The van der Waals surface area contributed by atoms with E-state index in [1.165, 1.54) is 12.8 Å². The maximum atomic E-state index is 12.7. The predicted octanol–water partition coefficient (Wildman–Crippen LogP) is 3.44. The normalized spacial score (nSPS) is 20.0. The van der Waals surface area contributed by atoms with E-state index in [2.05, 4.69) is 20.3 Å². The Bertz CT molecular complexity index is 857. The van der Waals surface area contributed by atoms with E-state index in [1.807, 2.05) is 37.8 Å². The lowest BCUT2D eigenvalue weighted by atomic mass is 10.1. The van der Waals surface area contributed by atoms with Gasteiger partial charge in [-0.15, -0.1) is 0 Å². The van der Waals surface area contributed by atoms with Crippen molar-refractivity contribution in [1.29, 1.82) is 0 Å². The van der Waals surface area contributed by atoms with Crippen LogP contribution >= 0.6 is 0 Å². The molecule has 7 heteroatoms. The van der Waals surface area contributed by atoms with E-state index in [0.29, 0.717) is 17.7 Å². The van der Waals surface area contributed by atoms with E-state index in [4.69, 9.17) is 4.98 Å². The maximum Gasteiger partial charge on any atom is 0.228 e. The fourth-order valence-corrected chi connectivity index (χ4v) is 4.34. The molecule has 1 saturated carbocycles. The van der Waals surface area contributed by atoms with Gasteiger partial charge in [0.1, 0.15) is 11.6 Å². The highest BCUT2D eigenvalue weighted by Crippen LogP contribution is 2.31. The first-order valence-corrected chi connectivity index (χ1v) is 10.2. The molecule has 0 spiro atoms. The molecule has 28 heavy (non-hydrogen) atoms. The topological polar surface area (TPSA) is 83.9 Å². The Morgan fingerprint density at radius 2 is 1.64 bits per heavy atom. The highest BCUT2D eigenvalue weighted by atomic mass is 16.2. The predicted molar refractivity (Wildman–Crippen MR) is 107 cm³/mol. The Labute approximate surface area is 166 Å². The van der Waals surface area contributed by atoms with Crippen molar-refractivity contribution in [3.63, 3.8) is 0 Å². The molecule has 1 aliphatic heterocycles. The van der Waals surface area contributed by atoms with Crippen molar-refractivity contribution in [1.82, 2.24) is 24.8 Å². The van der Waals surface area contributed by atoms with Gasteiger partial charge in [0.05, 0.1) is 0 Å². The summed E-state index contributed by atoms with van der Waals surface area (Å²) in [7, 11) is 0. The van der Waals surface area contributed by atoms with Gasteiger partial charge in [-0.1, -0.05) is 12.8 Å². The fourth-order valence-electron chi connectivity index (χ4n) is 4.34. The molecule has 3 heterocycles. The summed E-state index contributed by atoms with van der Waals surface area (Å²) in [5.41, 5.74) is 2.73. The van der Waals surface area contributed by atoms with Gasteiger partial charge in [-0.25, -0.2) is 19.9 Å². The van der Waals surface area contributed by atoms with Gasteiger partial charge in [-0.2, -0.15) is 0 Å². The number of carbonyl (C=O) groups is 1. The molecule has 2 aliphatic rings. The summed E-state index contributed by atoms with van der Waals surface area (Å²) in [6, 6.07) is 3.84. The second-order valence-corrected chi connectivity index (χ2v) is 8.10. The molecule has 7 nitrogen and oxygen atoms in total. The molecule has 1 saturated heterocycles. The van der Waals surface area contributed by atoms with Crippen LogP contribution in [0, 0.1) is 26.7 Å². The van der Waals surface area contributed by atoms with Crippen LogP contribution in [0.1, 0.15) is 60.9 Å². The van der Waals surface area contributed by atoms with Crippen LogP contribution in [0.4, 0.5) is 11.8 Å². The first-order chi connectivity index (χ1) is 13.5. The number of aromatic nitrogens is 4. The lowest BCUT2D eigenvalue weighted by Crippen LogP contribution is -2.33. The van der Waals surface area contributed by atoms with Gasteiger partial charge in [0.25, 0.3) is 0 Å². The van der Waals surface area contributed by atoms with E-state index >= 15 is 0 Å². The van der Waals surface area contributed by atoms with Crippen molar-refractivity contribution < 1.29 is 4.79 Å². The Morgan fingerprint density at radius 3 is 2.36 bits per heavy atom. The molecule has 2 aromatic heterocycles. The van der Waals surface area contributed by atoms with Gasteiger partial charge in [0.2, 0.25) is 11.9 Å². The van der Waals surface area contributed by atoms with Crippen LogP contribution in [0.5, 0.6) is 0 Å². The molecule has 0 radical (unpaired) electrons. The Morgan fingerprint density at radius 1 is 0.964 bits per heavy atom. The molecular weight excluding hydrogens is 352 g/mol. The molecule has 1 amide bonds. The monoisotopic (exact) mass is 380 g/mol. The van der Waals surface area contributed by atoms with Crippen molar-refractivity contribution in [2.75, 3.05) is 18.4 Å². The van der Waals surface area contributed by atoms with Gasteiger partial charge in [0, 0.05) is 48.1 Å². The largest absolute Gasteiger partial charge is 0.342 e. The Hall–Kier alpha value is -2.57. The molecule has 0 bridgehead atoms. The summed E-state index contributed by atoms with van der Waals surface area (Å²) >= 11 is 0. The minimum absolute atomic E-state index is 0.186. The number of hydrogen-bond acceptors (Lipinski definition) is 6. The van der Waals surface area contributed by atoms with Crippen molar-refractivity contribution in [2.24, 2.45) is 5.92 Å². The van der Waals surface area contributed by atoms with Crippen LogP contribution in [-0.4, -0.2) is 43.8 Å². The summed E-state index contributed by atoms with van der Waals surface area (Å²) in [6.07, 6.45) is 5.38. The van der Waals surface area contributed by atoms with Crippen LogP contribution in [0.2, 0.25) is 0 Å². The van der Waals surface area contributed by atoms with Gasteiger partial charge >= 0.3 is 0 Å². The van der Waals surface area contributed by atoms with Gasteiger partial charge in [-0.3, -0.25) is 4.79 Å². The molecule has 1 atom stereocenters. The maximum absolute atomic E-state index is 12.7. The van der Waals surface area contributed by atoms with Crippen molar-refractivity contribution in [3.8, 4) is 0 Å². The second-order valence-electron chi connectivity index (χ2n) is 8.10. The lowest BCUT2D eigenvalue weighted by molar-refractivity contribution is -0.134. The zero-order valence-electron chi connectivity index (χ0n) is 16.9. The van der Waals surface area contributed by atoms with Crippen LogP contribution in [0.3, 0.4) is 0 Å². The summed E-state index contributed by atoms with van der Waals surface area (Å²) in [5, 5.41) is 3.22. The molecule has 2 fully saturated rings. The Kier molecular flexibility index (Phi) is 5.24. The molecule has 2 aromatic rings. The van der Waals surface area contributed by atoms with Crippen LogP contribution in [0.15, 0.2) is 12.1 Å². The number of nitrogens with one attached hydrogen (secondary N) is 1. The minimum atomic E-state index is 0.186. The second kappa shape index (κ2) is 7.81. The van der Waals surface area contributed by atoms with Crippen LogP contribution < -0.4 is 5.32 Å². The number of amides is 1. The van der Waals surface area contributed by atoms with E-state index < -0.39 is 0 Å². The number of hydrogen-bond donors (Lipinski definition) is 1. The summed E-state index contributed by atoms with van der Waals surface area (Å²) in [6.45, 7) is 7.39. The van der Waals surface area contributed by atoms with Gasteiger partial charge in [-0.05, 0) is 46.1 Å². The molecule has 0 unspecified atom stereocenters. The molecule has 148 valence electrons. The molecular formula is C21H28N6O. The summed E-state index contributed by atoms with van der Waals surface area (Å²) < 4.78 is 0. The van der Waals surface area contributed by atoms with E-state index in [0.717, 1.165) is 55.3 Å². The van der Waals surface area contributed by atoms with Crippen molar-refractivity contribution in [2.45, 2.75) is 58.8 Å². The molecule has 1 N–H and O–H groups in total. The van der Waals surface area contributed by atoms with Crippen molar-refractivity contribution >= 4 is 17.7 Å². The highest BCUT2D eigenvalue weighted by molar-refractivity contribution is 5.79. The number of aryl methyl sites for hydroxylation is 3. The Balaban J connectivity index is 1.48. The molecule has 1 aliphatic carbocycles. The van der Waals surface area contributed by atoms with Crippen LogP contribution in [0.25, 0.3) is 0 Å². The SMILES string of the molecule is Cc1cc(C)nc(Nc2cc(C)nc([C@@H]3CCN(C(=O)C4CCCC4)C3)n2)n1. The molecule has 4 rings (SSSR count).